The van der Waals surface area contributed by atoms with Crippen molar-refractivity contribution in [3.05, 3.63) is 17.9 Å². The van der Waals surface area contributed by atoms with E-state index < -0.39 is 0 Å². The van der Waals surface area contributed by atoms with Crippen LogP contribution in [0.15, 0.2) is 21.7 Å². The van der Waals surface area contributed by atoms with Crippen LogP contribution in [0.4, 0.5) is 5.88 Å². The summed E-state index contributed by atoms with van der Waals surface area (Å²) >= 11 is 0. The molecular formula is C11H16N2O. The van der Waals surface area contributed by atoms with E-state index in [0.717, 1.165) is 19.0 Å². The lowest BCUT2D eigenvalue weighted by molar-refractivity contribution is 0.399. The predicted octanol–water partition coefficient (Wildman–Crippen LogP) is 2.95. The molecule has 1 aromatic rings. The number of hydrogen-bond acceptors (Lipinski definition) is 3. The number of nitrogens with zero attached hydrogens (tertiary/aromatic N) is 2. The van der Waals surface area contributed by atoms with Crippen LogP contribution in [0.2, 0.25) is 0 Å². The number of fused-ring (bicyclic) bond motifs is 1. The van der Waals surface area contributed by atoms with Gasteiger partial charge in [-0.05, 0) is 12.5 Å². The minimum absolute atomic E-state index is 0.775. The Balaban J connectivity index is 1.88. The summed E-state index contributed by atoms with van der Waals surface area (Å²) in [6.07, 6.45) is 7.40. The van der Waals surface area contributed by atoms with Gasteiger partial charge < -0.3 is 9.32 Å². The molecule has 0 fully saturated rings. The van der Waals surface area contributed by atoms with E-state index in [1.807, 2.05) is 12.4 Å². The van der Waals surface area contributed by atoms with Crippen LogP contribution in [0.3, 0.4) is 0 Å². The molecule has 0 spiro atoms. The van der Waals surface area contributed by atoms with Gasteiger partial charge in [-0.25, -0.2) is 4.99 Å². The van der Waals surface area contributed by atoms with Gasteiger partial charge in [-0.2, -0.15) is 0 Å². The fourth-order valence-electron chi connectivity index (χ4n) is 1.66. The third-order valence-electron chi connectivity index (χ3n) is 2.48. The minimum Gasteiger partial charge on any atom is -0.446 e. The van der Waals surface area contributed by atoms with Crippen molar-refractivity contribution in [2.75, 3.05) is 6.54 Å². The van der Waals surface area contributed by atoms with E-state index in [1.54, 1.807) is 6.26 Å². The summed E-state index contributed by atoms with van der Waals surface area (Å²) < 4.78 is 5.21. The van der Waals surface area contributed by atoms with Crippen LogP contribution in [0.1, 0.15) is 31.7 Å². The van der Waals surface area contributed by atoms with Crippen molar-refractivity contribution in [1.29, 1.82) is 0 Å². The maximum Gasteiger partial charge on any atom is 0.224 e. The molecule has 0 N–H and O–H groups in total. The SMILES string of the molecule is CCCCCN1C=Nc2occc2C1. The van der Waals surface area contributed by atoms with E-state index in [9.17, 15) is 0 Å². The van der Waals surface area contributed by atoms with Crippen LogP contribution < -0.4 is 0 Å². The van der Waals surface area contributed by atoms with Crippen molar-refractivity contribution in [3.8, 4) is 0 Å². The monoisotopic (exact) mass is 192 g/mol. The third-order valence-corrected chi connectivity index (χ3v) is 2.48. The van der Waals surface area contributed by atoms with Crippen LogP contribution in [0.25, 0.3) is 0 Å². The molecule has 0 aliphatic carbocycles. The van der Waals surface area contributed by atoms with Gasteiger partial charge in [0.05, 0.1) is 12.6 Å². The van der Waals surface area contributed by atoms with E-state index in [0.29, 0.717) is 0 Å². The number of aliphatic imine (C=N–C) groups is 1. The van der Waals surface area contributed by atoms with Crippen LogP contribution in [-0.4, -0.2) is 17.8 Å². The maximum atomic E-state index is 5.21. The zero-order valence-electron chi connectivity index (χ0n) is 8.57. The summed E-state index contributed by atoms with van der Waals surface area (Å²) in [4.78, 5) is 6.49. The highest BCUT2D eigenvalue weighted by molar-refractivity contribution is 5.63. The van der Waals surface area contributed by atoms with E-state index in [2.05, 4.69) is 16.8 Å². The van der Waals surface area contributed by atoms with Gasteiger partial charge >= 0.3 is 0 Å². The van der Waals surface area contributed by atoms with Gasteiger partial charge in [0.2, 0.25) is 5.88 Å². The molecule has 0 bridgehead atoms. The van der Waals surface area contributed by atoms with Gasteiger partial charge in [-0.15, -0.1) is 0 Å². The van der Waals surface area contributed by atoms with Gasteiger partial charge in [-0.1, -0.05) is 19.8 Å². The lowest BCUT2D eigenvalue weighted by atomic mass is 10.2. The molecule has 1 aliphatic rings. The predicted molar refractivity (Wildman–Crippen MR) is 56.8 cm³/mol. The zero-order valence-corrected chi connectivity index (χ0v) is 8.57. The second-order valence-corrected chi connectivity index (χ2v) is 3.67. The molecule has 1 aromatic heterocycles. The Labute approximate surface area is 84.4 Å². The highest BCUT2D eigenvalue weighted by atomic mass is 16.3. The van der Waals surface area contributed by atoms with E-state index >= 15 is 0 Å². The summed E-state index contributed by atoms with van der Waals surface area (Å²) in [6.45, 7) is 4.26. The van der Waals surface area contributed by atoms with Crippen molar-refractivity contribution in [3.63, 3.8) is 0 Å². The second-order valence-electron chi connectivity index (χ2n) is 3.67. The molecule has 1 aliphatic heterocycles. The van der Waals surface area contributed by atoms with Gasteiger partial charge in [0.15, 0.2) is 0 Å². The molecule has 2 rings (SSSR count). The average molecular weight is 192 g/mol. The highest BCUT2D eigenvalue weighted by Crippen LogP contribution is 2.24. The van der Waals surface area contributed by atoms with Crippen molar-refractivity contribution in [2.24, 2.45) is 4.99 Å². The Morgan fingerprint density at radius 3 is 3.29 bits per heavy atom. The maximum absolute atomic E-state index is 5.21. The molecule has 0 unspecified atom stereocenters. The third kappa shape index (κ3) is 1.97. The Kier molecular flexibility index (Phi) is 2.87. The molecule has 3 nitrogen and oxygen atoms in total. The molecule has 0 amide bonds. The van der Waals surface area contributed by atoms with Crippen molar-refractivity contribution in [2.45, 2.75) is 32.7 Å². The molecule has 76 valence electrons. The van der Waals surface area contributed by atoms with Crippen molar-refractivity contribution in [1.82, 2.24) is 4.90 Å². The Morgan fingerprint density at radius 2 is 2.43 bits per heavy atom. The molecule has 2 heterocycles. The van der Waals surface area contributed by atoms with Gasteiger partial charge in [0.1, 0.15) is 0 Å². The first-order valence-electron chi connectivity index (χ1n) is 5.24. The Hall–Kier alpha value is -1.25. The fraction of sp³-hybridized carbons (Fsp3) is 0.545. The second kappa shape index (κ2) is 4.31. The van der Waals surface area contributed by atoms with Gasteiger partial charge in [0, 0.05) is 18.7 Å². The molecule has 0 atom stereocenters. The quantitative estimate of drug-likeness (QED) is 0.686. The molecule has 0 saturated heterocycles. The summed E-state index contributed by atoms with van der Waals surface area (Å²) in [5, 5.41) is 0. The number of rotatable bonds is 4. The number of hydrogen-bond donors (Lipinski definition) is 0. The van der Waals surface area contributed by atoms with Gasteiger partial charge in [0.25, 0.3) is 0 Å². The minimum atomic E-state index is 0.775. The molecule has 3 heteroatoms. The zero-order chi connectivity index (χ0) is 9.80. The number of furan rings is 1. The highest BCUT2D eigenvalue weighted by Gasteiger charge is 2.13. The molecule has 0 aromatic carbocycles. The summed E-state index contributed by atoms with van der Waals surface area (Å²) in [7, 11) is 0. The lowest BCUT2D eigenvalue weighted by Crippen LogP contribution is -2.24. The first-order chi connectivity index (χ1) is 6.90. The largest absolute Gasteiger partial charge is 0.446 e. The lowest BCUT2D eigenvalue weighted by Gasteiger charge is -2.21. The van der Waals surface area contributed by atoms with Crippen LogP contribution in [0.5, 0.6) is 0 Å². The summed E-state index contributed by atoms with van der Waals surface area (Å²) in [5.74, 6) is 0.775. The Morgan fingerprint density at radius 1 is 1.50 bits per heavy atom. The first-order valence-corrected chi connectivity index (χ1v) is 5.24. The topological polar surface area (TPSA) is 28.7 Å². The molecule has 0 radical (unpaired) electrons. The fourth-order valence-corrected chi connectivity index (χ4v) is 1.66. The first kappa shape index (κ1) is 9.31. The molecule has 14 heavy (non-hydrogen) atoms. The standard InChI is InChI=1S/C11H16N2O/c1-2-3-4-6-13-8-10-5-7-14-11(10)12-9-13/h5,7,9H,2-4,6,8H2,1H3. The van der Waals surface area contributed by atoms with Crippen LogP contribution in [0, 0.1) is 0 Å². The van der Waals surface area contributed by atoms with Gasteiger partial charge in [-0.3, -0.25) is 0 Å². The van der Waals surface area contributed by atoms with E-state index in [1.165, 1.54) is 24.8 Å². The molecule has 0 saturated carbocycles. The van der Waals surface area contributed by atoms with Crippen LogP contribution in [-0.2, 0) is 6.54 Å². The summed E-state index contributed by atoms with van der Waals surface area (Å²) in [6, 6.07) is 2.00. The van der Waals surface area contributed by atoms with Crippen molar-refractivity contribution < 1.29 is 4.42 Å². The molecular weight excluding hydrogens is 176 g/mol. The normalized spacial score (nSPS) is 14.5. The smallest absolute Gasteiger partial charge is 0.224 e. The van der Waals surface area contributed by atoms with Crippen molar-refractivity contribution >= 4 is 12.2 Å². The summed E-state index contributed by atoms with van der Waals surface area (Å²) in [5.41, 5.74) is 1.20. The number of unbranched alkanes of at least 4 members (excludes halogenated alkanes) is 2. The average Bonchev–Trinajstić information content (AvgIpc) is 2.65. The Bertz CT molecular complexity index is 317. The van der Waals surface area contributed by atoms with Crippen LogP contribution >= 0.6 is 0 Å². The van der Waals surface area contributed by atoms with E-state index in [-0.39, 0.29) is 0 Å². The van der Waals surface area contributed by atoms with E-state index in [4.69, 9.17) is 4.42 Å².